The molecular weight excluding hydrogens is 356 g/mol. The van der Waals surface area contributed by atoms with Gasteiger partial charge in [-0.15, -0.1) is 6.58 Å². The van der Waals surface area contributed by atoms with Gasteiger partial charge in [0.2, 0.25) is 0 Å². The molecule has 0 saturated heterocycles. The second-order valence-corrected chi connectivity index (χ2v) is 5.68. The number of nitrogens with zero attached hydrogens (tertiary/aromatic N) is 4. The highest BCUT2D eigenvalue weighted by atomic mass is 32.1. The third-order valence-corrected chi connectivity index (χ3v) is 4.30. The van der Waals surface area contributed by atoms with Gasteiger partial charge in [0.15, 0.2) is 5.82 Å². The van der Waals surface area contributed by atoms with Crippen molar-refractivity contribution in [3.05, 3.63) is 53.7 Å². The average molecular weight is 368 g/mol. The van der Waals surface area contributed by atoms with Gasteiger partial charge in [-0.05, 0) is 6.07 Å². The fourth-order valence-electron chi connectivity index (χ4n) is 2.97. The number of hydrogen-bond acceptors (Lipinski definition) is 4. The molecule has 1 aliphatic rings. The summed E-state index contributed by atoms with van der Waals surface area (Å²) in [5, 5.41) is 13.6. The van der Waals surface area contributed by atoms with Gasteiger partial charge < -0.3 is 4.90 Å². The lowest BCUT2D eigenvalue weighted by Gasteiger charge is -2.43. The summed E-state index contributed by atoms with van der Waals surface area (Å²) in [6, 6.07) is 7.03. The Bertz CT molecular complexity index is 883. The lowest BCUT2D eigenvalue weighted by Crippen LogP contribution is -2.56. The van der Waals surface area contributed by atoms with Gasteiger partial charge in [0.05, 0.1) is 11.4 Å². The number of benzene rings is 1. The molecular formula is C16H12F4N4S. The minimum atomic E-state index is -5.24. The summed E-state index contributed by atoms with van der Waals surface area (Å²) in [4.78, 5) is 0.473. The lowest BCUT2D eigenvalue weighted by molar-refractivity contribution is -0.236. The summed E-state index contributed by atoms with van der Waals surface area (Å²) in [6.07, 6.45) is -4.09. The smallest absolute Gasteiger partial charge is 0.308 e. The van der Waals surface area contributed by atoms with Crippen LogP contribution in [0.4, 0.5) is 23.4 Å². The molecule has 0 aliphatic carbocycles. The van der Waals surface area contributed by atoms with Crippen LogP contribution in [0.1, 0.15) is 16.8 Å². The minimum Gasteiger partial charge on any atom is -0.308 e. The summed E-state index contributed by atoms with van der Waals surface area (Å²) < 4.78 is 58.2. The third-order valence-electron chi connectivity index (χ3n) is 4.00. The molecule has 130 valence electrons. The fraction of sp³-hybridized carbons (Fsp3) is 0.250. The van der Waals surface area contributed by atoms with E-state index < -0.39 is 24.1 Å². The van der Waals surface area contributed by atoms with Crippen LogP contribution in [-0.2, 0) is 11.5 Å². The largest absolute Gasteiger partial charge is 0.446 e. The van der Waals surface area contributed by atoms with Crippen molar-refractivity contribution in [2.45, 2.75) is 17.7 Å². The number of rotatable bonds is 3. The van der Waals surface area contributed by atoms with E-state index in [1.807, 2.05) is 6.07 Å². The average Bonchev–Trinajstić information content (AvgIpc) is 2.96. The standard InChI is InChI=1S/C16H12F4N4S/c1-2-7-23-14-10(8-21)12(9-25)22-24(14)13-6-4-3-5-11(13)15(23,17)16(18,19)20/h2-6,25H,1,7,9H2. The molecule has 0 spiro atoms. The molecule has 3 rings (SSSR count). The molecule has 1 aromatic carbocycles. The van der Waals surface area contributed by atoms with Gasteiger partial charge in [0.1, 0.15) is 11.6 Å². The molecule has 0 fully saturated rings. The molecule has 4 nitrogen and oxygen atoms in total. The van der Waals surface area contributed by atoms with Crippen LogP contribution < -0.4 is 4.90 Å². The van der Waals surface area contributed by atoms with Gasteiger partial charge >= 0.3 is 12.0 Å². The van der Waals surface area contributed by atoms with Crippen LogP contribution in [0.3, 0.4) is 0 Å². The maximum Gasteiger partial charge on any atom is 0.446 e. The van der Waals surface area contributed by atoms with Crippen LogP contribution in [0.2, 0.25) is 0 Å². The maximum atomic E-state index is 15.6. The van der Waals surface area contributed by atoms with E-state index in [1.165, 1.54) is 18.2 Å². The van der Waals surface area contributed by atoms with Gasteiger partial charge in [0.25, 0.3) is 0 Å². The predicted octanol–water partition coefficient (Wildman–Crippen LogP) is 3.86. The molecule has 1 unspecified atom stereocenters. The zero-order valence-electron chi connectivity index (χ0n) is 12.8. The molecule has 9 heteroatoms. The number of aromatic nitrogens is 2. The van der Waals surface area contributed by atoms with Crippen LogP contribution in [-0.4, -0.2) is 22.5 Å². The second kappa shape index (κ2) is 5.81. The molecule has 0 amide bonds. The van der Waals surface area contributed by atoms with Gasteiger partial charge in [-0.3, -0.25) is 0 Å². The van der Waals surface area contributed by atoms with Crippen LogP contribution in [0.5, 0.6) is 0 Å². The first-order valence-corrected chi connectivity index (χ1v) is 7.81. The first-order chi connectivity index (χ1) is 11.8. The summed E-state index contributed by atoms with van der Waals surface area (Å²) >= 11 is 4.06. The second-order valence-electron chi connectivity index (χ2n) is 5.36. The number of para-hydroxylation sites is 1. The fourth-order valence-corrected chi connectivity index (χ4v) is 3.19. The monoisotopic (exact) mass is 368 g/mol. The Hall–Kier alpha value is -2.47. The maximum absolute atomic E-state index is 15.6. The molecule has 1 aliphatic heterocycles. The van der Waals surface area contributed by atoms with Crippen molar-refractivity contribution in [1.29, 1.82) is 5.26 Å². The minimum absolute atomic E-state index is 0.0261. The van der Waals surface area contributed by atoms with Crippen molar-refractivity contribution >= 4 is 18.4 Å². The van der Waals surface area contributed by atoms with E-state index in [4.69, 9.17) is 0 Å². The Morgan fingerprint density at radius 3 is 2.60 bits per heavy atom. The number of thiol groups is 1. The molecule has 2 aromatic rings. The summed E-state index contributed by atoms with van der Waals surface area (Å²) in [7, 11) is 0. The van der Waals surface area contributed by atoms with Crippen molar-refractivity contribution in [2.75, 3.05) is 11.4 Å². The molecule has 1 atom stereocenters. The Kier molecular flexibility index (Phi) is 4.03. The summed E-state index contributed by atoms with van der Waals surface area (Å²) in [5.74, 6) is -4.05. The van der Waals surface area contributed by atoms with Gasteiger partial charge in [0, 0.05) is 17.9 Å². The number of fused-ring (bicyclic) bond motifs is 3. The van der Waals surface area contributed by atoms with Crippen molar-refractivity contribution in [3.63, 3.8) is 0 Å². The normalized spacial score (nSPS) is 19.1. The van der Waals surface area contributed by atoms with Crippen molar-refractivity contribution < 1.29 is 17.6 Å². The highest BCUT2D eigenvalue weighted by molar-refractivity contribution is 7.79. The van der Waals surface area contributed by atoms with E-state index in [9.17, 15) is 18.4 Å². The van der Waals surface area contributed by atoms with E-state index in [0.29, 0.717) is 4.90 Å². The molecule has 1 aromatic heterocycles. The Morgan fingerprint density at radius 2 is 2.04 bits per heavy atom. The number of anilines is 1. The molecule has 0 bridgehead atoms. The molecule has 25 heavy (non-hydrogen) atoms. The Balaban J connectivity index is 2.46. The first-order valence-electron chi connectivity index (χ1n) is 7.18. The zero-order chi connectivity index (χ0) is 18.4. The summed E-state index contributed by atoms with van der Waals surface area (Å²) in [5.41, 5.74) is -0.620. The third kappa shape index (κ3) is 2.24. The van der Waals surface area contributed by atoms with E-state index in [2.05, 4.69) is 24.3 Å². The topological polar surface area (TPSA) is 44.9 Å². The van der Waals surface area contributed by atoms with Crippen LogP contribution >= 0.6 is 12.6 Å². The van der Waals surface area contributed by atoms with Gasteiger partial charge in [-0.25, -0.2) is 9.07 Å². The number of alkyl halides is 4. The van der Waals surface area contributed by atoms with Crippen molar-refractivity contribution in [3.8, 4) is 11.8 Å². The molecule has 0 saturated carbocycles. The van der Waals surface area contributed by atoms with E-state index in [0.717, 1.165) is 16.8 Å². The number of nitriles is 1. The first kappa shape index (κ1) is 17.4. The predicted molar refractivity (Wildman–Crippen MR) is 87.4 cm³/mol. The highest BCUT2D eigenvalue weighted by Gasteiger charge is 2.65. The number of hydrogen-bond donors (Lipinski definition) is 1. The number of halogens is 4. The Morgan fingerprint density at radius 1 is 1.36 bits per heavy atom. The molecule has 2 heterocycles. The van der Waals surface area contributed by atoms with Crippen molar-refractivity contribution in [1.82, 2.24) is 9.78 Å². The van der Waals surface area contributed by atoms with Gasteiger partial charge in [-0.1, -0.05) is 24.3 Å². The van der Waals surface area contributed by atoms with E-state index in [1.54, 1.807) is 0 Å². The van der Waals surface area contributed by atoms with Crippen LogP contribution in [0.15, 0.2) is 36.9 Å². The van der Waals surface area contributed by atoms with Crippen LogP contribution in [0, 0.1) is 11.3 Å². The van der Waals surface area contributed by atoms with E-state index in [-0.39, 0.29) is 28.5 Å². The lowest BCUT2D eigenvalue weighted by atomic mass is 9.96. The van der Waals surface area contributed by atoms with E-state index >= 15 is 4.39 Å². The quantitative estimate of drug-likeness (QED) is 0.387. The molecule has 0 N–H and O–H groups in total. The molecule has 0 radical (unpaired) electrons. The van der Waals surface area contributed by atoms with Crippen LogP contribution in [0.25, 0.3) is 5.69 Å². The summed E-state index contributed by atoms with van der Waals surface area (Å²) in [6.45, 7) is 2.95. The highest BCUT2D eigenvalue weighted by Crippen LogP contribution is 2.53. The Labute approximate surface area is 146 Å². The van der Waals surface area contributed by atoms with Gasteiger partial charge in [-0.2, -0.15) is 36.2 Å². The van der Waals surface area contributed by atoms with Crippen molar-refractivity contribution in [2.24, 2.45) is 0 Å². The SMILES string of the molecule is C=CCN1c2c(C#N)c(CS)nn2-c2ccccc2C1(F)C(F)(F)F. The zero-order valence-corrected chi connectivity index (χ0v) is 13.7.